The van der Waals surface area contributed by atoms with Crippen molar-refractivity contribution in [1.29, 1.82) is 0 Å². The number of aliphatic hydroxyl groups excluding tert-OH is 1. The van der Waals surface area contributed by atoms with Gasteiger partial charge in [0.25, 0.3) is 5.91 Å². The van der Waals surface area contributed by atoms with Crippen LogP contribution in [0.3, 0.4) is 0 Å². The number of halogens is 2. The summed E-state index contributed by atoms with van der Waals surface area (Å²) in [6, 6.07) is 18.5. The second-order valence-corrected chi connectivity index (χ2v) is 9.20. The molecule has 6 nitrogen and oxygen atoms in total. The second kappa shape index (κ2) is 12.5. The van der Waals surface area contributed by atoms with Crippen LogP contribution in [-0.4, -0.2) is 26.7 Å². The van der Waals surface area contributed by atoms with E-state index < -0.39 is 12.0 Å². The first-order valence-electron chi connectivity index (χ1n) is 11.0. The van der Waals surface area contributed by atoms with Crippen molar-refractivity contribution in [2.24, 2.45) is 5.73 Å². The minimum Gasteiger partial charge on any atom is -0.488 e. The number of nitrogens with zero attached hydrogens (tertiary/aromatic N) is 2. The topological polar surface area (TPSA) is 90.4 Å². The normalized spacial score (nSPS) is 11.6. The number of rotatable bonds is 11. The lowest BCUT2D eigenvalue weighted by atomic mass is 10.0. The smallest absolute Gasteiger partial charge is 0.268 e. The monoisotopic (exact) mass is 515 g/mol. The van der Waals surface area contributed by atoms with Crippen molar-refractivity contribution in [2.75, 3.05) is 0 Å². The molecule has 0 aliphatic heterocycles. The Morgan fingerprint density at radius 2 is 1.91 bits per heavy atom. The third kappa shape index (κ3) is 7.39. The molecule has 0 bridgehead atoms. The summed E-state index contributed by atoms with van der Waals surface area (Å²) >= 11 is 1.63. The highest BCUT2D eigenvalue weighted by atomic mass is 35.5. The number of amides is 1. The van der Waals surface area contributed by atoms with Crippen molar-refractivity contribution in [2.45, 2.75) is 38.5 Å². The van der Waals surface area contributed by atoms with E-state index in [0.717, 1.165) is 39.5 Å². The number of hydrogen-bond acceptors (Lipinski definition) is 5. The average molecular weight is 516 g/mol. The highest BCUT2D eigenvalue weighted by Gasteiger charge is 2.11. The maximum atomic E-state index is 13.2. The molecule has 3 N–H and O–H groups in total. The Balaban J connectivity index is 0.00000342. The molecule has 0 aliphatic rings. The largest absolute Gasteiger partial charge is 0.488 e. The molecule has 0 saturated heterocycles. The molecule has 4 rings (SSSR count). The van der Waals surface area contributed by atoms with E-state index in [2.05, 4.69) is 4.98 Å². The van der Waals surface area contributed by atoms with Gasteiger partial charge in [-0.3, -0.25) is 4.79 Å². The van der Waals surface area contributed by atoms with Crippen LogP contribution in [0.5, 0.6) is 5.75 Å². The zero-order chi connectivity index (χ0) is 23.9. The highest BCUT2D eigenvalue weighted by molar-refractivity contribution is 7.15. The molecular formula is C26H27ClFN3O3S. The van der Waals surface area contributed by atoms with E-state index in [1.54, 1.807) is 34.2 Å². The number of nitrogens with two attached hydrogens (primary N) is 1. The van der Waals surface area contributed by atoms with Gasteiger partial charge >= 0.3 is 0 Å². The van der Waals surface area contributed by atoms with E-state index in [1.807, 2.05) is 36.4 Å². The third-order valence-corrected chi connectivity index (χ3v) is 6.53. The number of aromatic nitrogens is 2. The number of primary amides is 1. The van der Waals surface area contributed by atoms with E-state index >= 15 is 0 Å². The molecule has 0 aliphatic carbocycles. The van der Waals surface area contributed by atoms with E-state index in [1.165, 1.54) is 18.5 Å². The van der Waals surface area contributed by atoms with Crippen LogP contribution in [0.4, 0.5) is 4.39 Å². The summed E-state index contributed by atoms with van der Waals surface area (Å²) in [6.45, 7) is 0.807. The summed E-state index contributed by atoms with van der Waals surface area (Å²) in [7, 11) is 0. The number of thiophene rings is 1. The number of carbonyl (C=O) groups excluding carboxylic acids is 1. The Labute approximate surface area is 213 Å². The van der Waals surface area contributed by atoms with E-state index in [-0.39, 0.29) is 23.9 Å². The molecule has 2 heterocycles. The van der Waals surface area contributed by atoms with Crippen LogP contribution in [0.15, 0.2) is 73.2 Å². The number of ether oxygens (including phenoxy) is 1. The predicted molar refractivity (Wildman–Crippen MR) is 137 cm³/mol. The first-order chi connectivity index (χ1) is 16.5. The van der Waals surface area contributed by atoms with Crippen molar-refractivity contribution in [1.82, 2.24) is 9.55 Å². The van der Waals surface area contributed by atoms with Crippen molar-refractivity contribution >= 4 is 29.7 Å². The molecule has 0 radical (unpaired) electrons. The average Bonchev–Trinajstić information content (AvgIpc) is 3.49. The maximum absolute atomic E-state index is 13.2. The van der Waals surface area contributed by atoms with Gasteiger partial charge in [0.15, 0.2) is 0 Å². The molecule has 0 spiro atoms. The van der Waals surface area contributed by atoms with Crippen molar-refractivity contribution < 1.29 is 19.0 Å². The van der Waals surface area contributed by atoms with Gasteiger partial charge in [0, 0.05) is 22.5 Å². The van der Waals surface area contributed by atoms with Crippen LogP contribution in [0.25, 0.3) is 10.4 Å². The SMILES string of the molecule is Cl.NC(=O)c1cn(C[C@@H](O)CCCc2ccccc2OCc2ccc(-c3ccc(F)cc3)s2)cn1. The molecule has 0 saturated carbocycles. The van der Waals surface area contributed by atoms with Gasteiger partial charge in [-0.05, 0) is 60.7 Å². The summed E-state index contributed by atoms with van der Waals surface area (Å²) in [5.41, 5.74) is 7.47. The lowest BCUT2D eigenvalue weighted by molar-refractivity contribution is 0.0995. The fourth-order valence-corrected chi connectivity index (χ4v) is 4.60. The minimum atomic E-state index is -0.584. The lowest BCUT2D eigenvalue weighted by Gasteiger charge is -2.13. The van der Waals surface area contributed by atoms with Gasteiger partial charge in [-0.2, -0.15) is 0 Å². The van der Waals surface area contributed by atoms with Crippen LogP contribution < -0.4 is 10.5 Å². The summed E-state index contributed by atoms with van der Waals surface area (Å²) < 4.78 is 20.9. The Hall–Kier alpha value is -3.20. The molecule has 0 fully saturated rings. The van der Waals surface area contributed by atoms with Gasteiger partial charge in [-0.15, -0.1) is 23.7 Å². The van der Waals surface area contributed by atoms with Crippen LogP contribution >= 0.6 is 23.7 Å². The molecule has 1 atom stereocenters. The zero-order valence-electron chi connectivity index (χ0n) is 19.0. The maximum Gasteiger partial charge on any atom is 0.268 e. The van der Waals surface area contributed by atoms with E-state index in [0.29, 0.717) is 19.6 Å². The lowest BCUT2D eigenvalue weighted by Crippen LogP contribution is -2.15. The van der Waals surface area contributed by atoms with Gasteiger partial charge in [0.1, 0.15) is 23.9 Å². The summed E-state index contributed by atoms with van der Waals surface area (Å²) in [5.74, 6) is 0.000412. The van der Waals surface area contributed by atoms with Gasteiger partial charge in [0.2, 0.25) is 0 Å². The van der Waals surface area contributed by atoms with Gasteiger partial charge in [-0.1, -0.05) is 30.3 Å². The van der Waals surface area contributed by atoms with Crippen LogP contribution in [0.1, 0.15) is 33.8 Å². The number of hydrogen-bond donors (Lipinski definition) is 2. The Kier molecular flexibility index (Phi) is 9.42. The standard InChI is InChI=1S/C26H26FN3O3S.ClH/c27-20-10-8-19(9-11-20)25-13-12-22(34-25)16-33-24-7-2-1-4-18(24)5-3-6-21(31)14-30-15-23(26(28)32)29-17-30;/h1-2,4,7-13,15,17,21,31H,3,5-6,14,16H2,(H2,28,32);1H/t21-;/m0./s1. The first kappa shape index (κ1) is 26.4. The second-order valence-electron chi connectivity index (χ2n) is 8.04. The predicted octanol–water partition coefficient (Wildman–Crippen LogP) is 5.23. The third-order valence-electron chi connectivity index (χ3n) is 5.42. The summed E-state index contributed by atoms with van der Waals surface area (Å²) in [6.07, 6.45) is 4.64. The first-order valence-corrected chi connectivity index (χ1v) is 11.8. The summed E-state index contributed by atoms with van der Waals surface area (Å²) in [5, 5.41) is 10.3. The van der Waals surface area contributed by atoms with Crippen molar-refractivity contribution in [3.8, 4) is 16.2 Å². The van der Waals surface area contributed by atoms with Gasteiger partial charge in [0.05, 0.1) is 12.4 Å². The Bertz CT molecular complexity index is 1240. The number of carbonyl (C=O) groups is 1. The van der Waals surface area contributed by atoms with Crippen LogP contribution in [0, 0.1) is 5.82 Å². The number of imidazole rings is 1. The quantitative estimate of drug-likeness (QED) is 0.286. The Morgan fingerprint density at radius 3 is 2.66 bits per heavy atom. The highest BCUT2D eigenvalue weighted by Crippen LogP contribution is 2.30. The van der Waals surface area contributed by atoms with Crippen molar-refractivity contribution in [3.63, 3.8) is 0 Å². The molecular weight excluding hydrogens is 489 g/mol. The number of aryl methyl sites for hydroxylation is 1. The molecule has 35 heavy (non-hydrogen) atoms. The summed E-state index contributed by atoms with van der Waals surface area (Å²) in [4.78, 5) is 17.2. The Morgan fingerprint density at radius 1 is 1.14 bits per heavy atom. The van der Waals surface area contributed by atoms with Gasteiger partial charge in [-0.25, -0.2) is 9.37 Å². The molecule has 9 heteroatoms. The fraction of sp³-hybridized carbons (Fsp3) is 0.231. The van der Waals surface area contributed by atoms with E-state index in [9.17, 15) is 14.3 Å². The van der Waals surface area contributed by atoms with Crippen LogP contribution in [0.2, 0.25) is 0 Å². The zero-order valence-corrected chi connectivity index (χ0v) is 20.6. The molecule has 2 aromatic carbocycles. The molecule has 184 valence electrons. The van der Waals surface area contributed by atoms with Gasteiger partial charge < -0.3 is 20.1 Å². The number of benzene rings is 2. The number of aliphatic hydroxyl groups is 1. The molecule has 0 unspecified atom stereocenters. The fourth-order valence-electron chi connectivity index (χ4n) is 3.67. The van der Waals surface area contributed by atoms with Crippen molar-refractivity contribution in [3.05, 3.63) is 95.1 Å². The molecule has 4 aromatic rings. The van der Waals surface area contributed by atoms with E-state index in [4.69, 9.17) is 10.5 Å². The number of para-hydroxylation sites is 1. The molecule has 1 amide bonds. The minimum absolute atomic E-state index is 0. The molecule has 2 aromatic heterocycles. The van der Waals surface area contributed by atoms with Crippen LogP contribution in [-0.2, 0) is 19.6 Å².